The van der Waals surface area contributed by atoms with E-state index in [-0.39, 0.29) is 29.2 Å². The largest absolute Gasteiger partial charge is 0.477 e. The van der Waals surface area contributed by atoms with Gasteiger partial charge in [-0.1, -0.05) is 34.7 Å². The summed E-state index contributed by atoms with van der Waals surface area (Å²) in [5.41, 5.74) is 1.33. The number of halogens is 1. The van der Waals surface area contributed by atoms with Crippen LogP contribution in [0.3, 0.4) is 0 Å². The van der Waals surface area contributed by atoms with Crippen LogP contribution in [-0.4, -0.2) is 64.5 Å². The Morgan fingerprint density at radius 3 is 2.72 bits per heavy atom. The van der Waals surface area contributed by atoms with Gasteiger partial charge in [0, 0.05) is 24.1 Å². The summed E-state index contributed by atoms with van der Waals surface area (Å²) >= 11 is 10.4. The maximum absolute atomic E-state index is 12.9. The van der Waals surface area contributed by atoms with Gasteiger partial charge in [-0.15, -0.1) is 22.0 Å². The van der Waals surface area contributed by atoms with Gasteiger partial charge in [0.05, 0.1) is 22.0 Å². The number of Topliss-reactive ketones (excluding diaryl/α,β-unsaturated/α-hetero) is 1. The number of nitrogens with zero attached hydrogens (tertiary/aromatic N) is 5. The minimum atomic E-state index is -1.13. The van der Waals surface area contributed by atoms with Crippen molar-refractivity contribution in [2.24, 2.45) is 5.92 Å². The van der Waals surface area contributed by atoms with Crippen LogP contribution in [0.5, 0.6) is 0 Å². The van der Waals surface area contributed by atoms with E-state index in [1.807, 2.05) is 6.92 Å². The lowest BCUT2D eigenvalue weighted by atomic mass is 9.89. The number of carbonyl (C=O) groups excluding carboxylic acids is 2. The first-order valence-corrected chi connectivity index (χ1v) is 13.0. The Hall–Kier alpha value is -1.89. The summed E-state index contributed by atoms with van der Waals surface area (Å²) in [7, 11) is 0. The average molecular weight is 514 g/mol. The predicted octanol–water partition coefficient (Wildman–Crippen LogP) is 3.19. The maximum Gasteiger partial charge on any atom is 0.352 e. The Bertz CT molecular complexity index is 1110. The molecular formula is C19H20ClN5O4S3. The summed E-state index contributed by atoms with van der Waals surface area (Å²) in [5.74, 6) is -1.25. The summed E-state index contributed by atoms with van der Waals surface area (Å²) < 4.78 is 2.26. The van der Waals surface area contributed by atoms with Crippen LogP contribution in [0.1, 0.15) is 30.1 Å². The molecular weight excluding hydrogens is 494 g/mol. The number of aryl methyl sites for hydroxylation is 2. The van der Waals surface area contributed by atoms with E-state index in [1.54, 1.807) is 20.0 Å². The number of rotatable bonds is 8. The van der Waals surface area contributed by atoms with Crippen molar-refractivity contribution in [3.8, 4) is 0 Å². The lowest BCUT2D eigenvalue weighted by molar-refractivity contribution is -0.154. The second kappa shape index (κ2) is 9.16. The fourth-order valence-corrected chi connectivity index (χ4v) is 7.11. The molecule has 0 spiro atoms. The van der Waals surface area contributed by atoms with Crippen LogP contribution >= 0.6 is 46.5 Å². The molecule has 0 bridgehead atoms. The van der Waals surface area contributed by atoms with Crippen molar-refractivity contribution in [2.75, 3.05) is 11.5 Å². The molecule has 1 saturated heterocycles. The number of β-lactam (4-membered cyclic amide) rings is 1. The van der Waals surface area contributed by atoms with Crippen LogP contribution in [0, 0.1) is 19.8 Å². The molecule has 2 aromatic rings. The highest BCUT2D eigenvalue weighted by Gasteiger charge is 2.54. The van der Waals surface area contributed by atoms with Crippen molar-refractivity contribution in [3.05, 3.63) is 33.2 Å². The van der Waals surface area contributed by atoms with Gasteiger partial charge in [0.1, 0.15) is 16.7 Å². The highest BCUT2D eigenvalue weighted by Crippen LogP contribution is 2.46. The zero-order valence-corrected chi connectivity index (χ0v) is 20.6. The molecule has 32 heavy (non-hydrogen) atoms. The van der Waals surface area contributed by atoms with Crippen LogP contribution in [-0.2, 0) is 14.4 Å². The normalized spacial score (nSPS) is 21.4. The molecule has 2 aromatic heterocycles. The number of fused-ring (bicyclic) bond motifs is 1. The fraction of sp³-hybridized carbons (Fsp3) is 0.474. The third-order valence-electron chi connectivity index (χ3n) is 5.38. The number of carbonyl (C=O) groups is 3. The standard InChI is InChI=1S/C19H20ClN5O4S3/c1-8-13(20)5-24(23-8)9(2)14(26)4-12-16(27)25-15(18(28)29)11(6-30-17(12)25)7-31-19-22-21-10(3)32-19/h5,9,12,17H,4,6-7H2,1-3H3,(H,28,29). The first-order valence-electron chi connectivity index (χ1n) is 9.74. The fourth-order valence-electron chi connectivity index (χ4n) is 3.61. The highest BCUT2D eigenvalue weighted by molar-refractivity contribution is 8.01. The predicted molar refractivity (Wildman–Crippen MR) is 123 cm³/mol. The minimum Gasteiger partial charge on any atom is -0.477 e. The summed E-state index contributed by atoms with van der Waals surface area (Å²) in [6.45, 7) is 5.32. The molecule has 3 atom stereocenters. The number of carboxylic acid groups (broad SMARTS) is 1. The Kier molecular flexibility index (Phi) is 6.66. The zero-order valence-electron chi connectivity index (χ0n) is 17.4. The lowest BCUT2D eigenvalue weighted by Crippen LogP contribution is -2.62. The SMILES string of the molecule is Cc1nnc(SCC2=C(C(=O)O)N3C(=O)C(CC(=O)C(C)n4cc(Cl)c(C)n4)C3SC2)s1. The van der Waals surface area contributed by atoms with Gasteiger partial charge < -0.3 is 5.11 Å². The van der Waals surface area contributed by atoms with Crippen LogP contribution < -0.4 is 0 Å². The maximum atomic E-state index is 12.9. The number of hydrogen-bond donors (Lipinski definition) is 1. The van der Waals surface area contributed by atoms with E-state index >= 15 is 0 Å². The van der Waals surface area contributed by atoms with Crippen molar-refractivity contribution in [1.82, 2.24) is 24.9 Å². The van der Waals surface area contributed by atoms with Crippen molar-refractivity contribution in [1.29, 1.82) is 0 Å². The molecule has 9 nitrogen and oxygen atoms in total. The van der Waals surface area contributed by atoms with E-state index in [0.29, 0.717) is 27.8 Å². The van der Waals surface area contributed by atoms with E-state index in [9.17, 15) is 19.5 Å². The van der Waals surface area contributed by atoms with E-state index in [2.05, 4.69) is 15.3 Å². The van der Waals surface area contributed by atoms with Crippen LogP contribution in [0.25, 0.3) is 0 Å². The molecule has 1 fully saturated rings. The van der Waals surface area contributed by atoms with Gasteiger partial charge in [-0.25, -0.2) is 4.79 Å². The monoisotopic (exact) mass is 513 g/mol. The van der Waals surface area contributed by atoms with Gasteiger partial charge >= 0.3 is 5.97 Å². The molecule has 2 aliphatic rings. The number of hydrogen-bond acceptors (Lipinski definition) is 9. The van der Waals surface area contributed by atoms with Crippen molar-refractivity contribution in [2.45, 2.75) is 42.9 Å². The molecule has 3 unspecified atom stereocenters. The van der Waals surface area contributed by atoms with E-state index in [4.69, 9.17) is 11.6 Å². The Labute approximate surface area is 201 Å². The molecule has 2 aliphatic heterocycles. The summed E-state index contributed by atoms with van der Waals surface area (Å²) in [6.07, 6.45) is 1.63. The number of carboxylic acids is 1. The number of aliphatic carboxylic acids is 1. The number of thioether (sulfide) groups is 2. The first-order chi connectivity index (χ1) is 15.2. The summed E-state index contributed by atoms with van der Waals surface area (Å²) in [6, 6.07) is -0.562. The molecule has 0 aromatic carbocycles. The summed E-state index contributed by atoms with van der Waals surface area (Å²) in [5, 5.41) is 23.0. The lowest BCUT2D eigenvalue weighted by Gasteiger charge is -2.49. The number of ketones is 1. The van der Waals surface area contributed by atoms with Gasteiger partial charge in [-0.2, -0.15) is 5.10 Å². The van der Waals surface area contributed by atoms with E-state index in [1.165, 1.54) is 44.4 Å². The second-order valence-corrected chi connectivity index (χ2v) is 11.5. The summed E-state index contributed by atoms with van der Waals surface area (Å²) in [4.78, 5) is 39.0. The van der Waals surface area contributed by atoms with E-state index in [0.717, 1.165) is 9.35 Å². The van der Waals surface area contributed by atoms with Gasteiger partial charge in [-0.3, -0.25) is 19.2 Å². The number of amides is 1. The third kappa shape index (κ3) is 4.33. The average Bonchev–Trinajstić information content (AvgIpc) is 3.33. The topological polar surface area (TPSA) is 118 Å². The first kappa shape index (κ1) is 23.3. The van der Waals surface area contributed by atoms with Gasteiger partial charge in [0.25, 0.3) is 0 Å². The quantitative estimate of drug-likeness (QED) is 0.419. The molecule has 170 valence electrons. The van der Waals surface area contributed by atoms with Crippen molar-refractivity contribution in [3.63, 3.8) is 0 Å². The third-order valence-corrected chi connectivity index (χ3v) is 9.20. The molecule has 4 rings (SSSR count). The van der Waals surface area contributed by atoms with Crippen LogP contribution in [0.4, 0.5) is 0 Å². The highest BCUT2D eigenvalue weighted by atomic mass is 35.5. The molecule has 1 N–H and O–H groups in total. The minimum absolute atomic E-state index is 0.0266. The van der Waals surface area contributed by atoms with Gasteiger partial charge in [0.15, 0.2) is 10.1 Å². The van der Waals surface area contributed by atoms with Gasteiger partial charge in [0.2, 0.25) is 5.91 Å². The van der Waals surface area contributed by atoms with E-state index < -0.39 is 17.9 Å². The second-order valence-electron chi connectivity index (χ2n) is 7.54. The zero-order chi connectivity index (χ0) is 23.2. The van der Waals surface area contributed by atoms with Gasteiger partial charge in [-0.05, 0) is 26.3 Å². The van der Waals surface area contributed by atoms with Crippen molar-refractivity contribution >= 4 is 64.1 Å². The molecule has 0 saturated carbocycles. The smallest absolute Gasteiger partial charge is 0.352 e. The molecule has 13 heteroatoms. The molecule has 0 radical (unpaired) electrons. The van der Waals surface area contributed by atoms with Crippen LogP contribution in [0.15, 0.2) is 21.8 Å². The van der Waals surface area contributed by atoms with Crippen LogP contribution in [0.2, 0.25) is 5.02 Å². The van der Waals surface area contributed by atoms with Crippen molar-refractivity contribution < 1.29 is 19.5 Å². The molecule has 1 amide bonds. The Morgan fingerprint density at radius 2 is 2.12 bits per heavy atom. The Balaban J connectivity index is 1.45. The number of aromatic nitrogens is 4. The molecule has 0 aliphatic carbocycles. The Morgan fingerprint density at radius 1 is 1.38 bits per heavy atom. The molecule has 4 heterocycles.